The van der Waals surface area contributed by atoms with Gasteiger partial charge in [0.1, 0.15) is 23.6 Å². The topological polar surface area (TPSA) is 79.0 Å². The summed E-state index contributed by atoms with van der Waals surface area (Å²) in [4.78, 5) is 19.1. The Morgan fingerprint density at radius 1 is 1.00 bits per heavy atom. The molecule has 1 aromatic carbocycles. The zero-order valence-corrected chi connectivity index (χ0v) is 18.4. The lowest BCUT2D eigenvalue weighted by Crippen LogP contribution is -2.46. The van der Waals surface area contributed by atoms with E-state index in [4.69, 9.17) is 4.74 Å². The lowest BCUT2D eigenvalue weighted by atomic mass is 9.90. The fourth-order valence-electron chi connectivity index (χ4n) is 5.30. The molecule has 1 saturated carbocycles. The normalized spacial score (nSPS) is 22.1. The number of H-pyrrole nitrogens is 1. The Bertz CT molecular complexity index is 1280. The summed E-state index contributed by atoms with van der Waals surface area (Å²) in [6.45, 7) is 3.80. The van der Waals surface area contributed by atoms with Crippen LogP contribution in [0.1, 0.15) is 25.7 Å². The fraction of sp³-hybridized carbons (Fsp3) is 0.400. The number of hydrogen-bond donors (Lipinski definition) is 2. The van der Waals surface area contributed by atoms with Crippen molar-refractivity contribution in [1.29, 1.82) is 0 Å². The van der Waals surface area contributed by atoms with Gasteiger partial charge in [-0.25, -0.2) is 14.4 Å². The summed E-state index contributed by atoms with van der Waals surface area (Å²) in [6, 6.07) is 8.60. The van der Waals surface area contributed by atoms with Crippen LogP contribution in [-0.4, -0.2) is 63.2 Å². The van der Waals surface area contributed by atoms with Gasteiger partial charge < -0.3 is 15.0 Å². The highest BCUT2D eigenvalue weighted by Crippen LogP contribution is 2.34. The summed E-state index contributed by atoms with van der Waals surface area (Å²) in [5.41, 5.74) is 3.45. The number of halogens is 1. The van der Waals surface area contributed by atoms with E-state index in [0.29, 0.717) is 12.1 Å². The van der Waals surface area contributed by atoms with E-state index in [0.717, 1.165) is 78.0 Å². The van der Waals surface area contributed by atoms with Crippen molar-refractivity contribution >= 4 is 27.8 Å². The van der Waals surface area contributed by atoms with E-state index >= 15 is 0 Å². The predicted octanol–water partition coefficient (Wildman–Crippen LogP) is 4.37. The number of pyridine rings is 1. The molecule has 1 aliphatic heterocycles. The van der Waals surface area contributed by atoms with Crippen molar-refractivity contribution < 1.29 is 9.13 Å². The third-order valence-electron chi connectivity index (χ3n) is 7.03. The molecule has 2 aliphatic rings. The van der Waals surface area contributed by atoms with Gasteiger partial charge in [-0.2, -0.15) is 0 Å². The molecule has 2 fully saturated rings. The second kappa shape index (κ2) is 8.68. The van der Waals surface area contributed by atoms with E-state index in [2.05, 4.69) is 36.2 Å². The molecule has 0 bridgehead atoms. The fourth-order valence-corrected chi connectivity index (χ4v) is 5.30. The summed E-state index contributed by atoms with van der Waals surface area (Å²) in [5.74, 6) is 0.514. The number of rotatable bonds is 4. The number of nitrogens with zero attached hydrogens (tertiary/aromatic N) is 4. The van der Waals surface area contributed by atoms with Gasteiger partial charge in [0.2, 0.25) is 0 Å². The Kier molecular flexibility index (Phi) is 5.39. The number of ether oxygens (including phenoxy) is 1. The van der Waals surface area contributed by atoms with E-state index in [-0.39, 0.29) is 5.82 Å². The highest BCUT2D eigenvalue weighted by Gasteiger charge is 2.27. The smallest absolute Gasteiger partial charge is 0.143 e. The van der Waals surface area contributed by atoms with Crippen LogP contribution in [0.3, 0.4) is 0 Å². The highest BCUT2D eigenvalue weighted by atomic mass is 19.1. The van der Waals surface area contributed by atoms with Crippen LogP contribution in [0, 0.1) is 5.82 Å². The summed E-state index contributed by atoms with van der Waals surface area (Å²) < 4.78 is 19.2. The molecule has 0 spiro atoms. The van der Waals surface area contributed by atoms with E-state index in [1.54, 1.807) is 12.5 Å². The van der Waals surface area contributed by atoms with Crippen LogP contribution in [0.4, 0.5) is 10.2 Å². The molecule has 8 heteroatoms. The quantitative estimate of drug-likeness (QED) is 0.485. The molecule has 1 saturated heterocycles. The average Bonchev–Trinajstić information content (AvgIpc) is 3.24. The van der Waals surface area contributed by atoms with Crippen molar-refractivity contribution in [3.8, 4) is 11.1 Å². The van der Waals surface area contributed by atoms with E-state index in [9.17, 15) is 4.39 Å². The van der Waals surface area contributed by atoms with Gasteiger partial charge in [-0.3, -0.25) is 9.88 Å². The molecule has 4 aromatic rings. The number of aromatic nitrogens is 4. The summed E-state index contributed by atoms with van der Waals surface area (Å²) in [5, 5.41) is 5.71. The minimum atomic E-state index is -0.343. The first kappa shape index (κ1) is 20.5. The molecule has 33 heavy (non-hydrogen) atoms. The van der Waals surface area contributed by atoms with Crippen molar-refractivity contribution in [3.05, 3.63) is 48.8 Å². The Morgan fingerprint density at radius 3 is 2.67 bits per heavy atom. The van der Waals surface area contributed by atoms with Crippen molar-refractivity contribution in [2.75, 3.05) is 31.6 Å². The molecule has 3 aromatic heterocycles. The van der Waals surface area contributed by atoms with Crippen molar-refractivity contribution in [2.24, 2.45) is 0 Å². The molecular formula is C25H27FN6O. The van der Waals surface area contributed by atoms with E-state index in [1.165, 1.54) is 25.1 Å². The van der Waals surface area contributed by atoms with Crippen molar-refractivity contribution in [3.63, 3.8) is 0 Å². The zero-order valence-electron chi connectivity index (χ0n) is 18.4. The third kappa shape index (κ3) is 4.05. The number of anilines is 1. The molecule has 170 valence electrons. The number of fused-ring (bicyclic) bond motifs is 3. The minimum Gasteiger partial charge on any atom is -0.379 e. The second-order valence-electron chi connectivity index (χ2n) is 9.02. The SMILES string of the molecule is Fc1cncc(-c2ccc3[nH]c4ncnc(N[C@H]5CC[C@H](N6CCOCC6)CC5)c4c3c2)c1. The van der Waals surface area contributed by atoms with Crippen LogP contribution in [0.25, 0.3) is 33.1 Å². The lowest BCUT2D eigenvalue weighted by molar-refractivity contribution is 0.00791. The van der Waals surface area contributed by atoms with Crippen LogP contribution in [0.2, 0.25) is 0 Å². The molecular weight excluding hydrogens is 419 g/mol. The van der Waals surface area contributed by atoms with Crippen LogP contribution < -0.4 is 5.32 Å². The molecule has 0 amide bonds. The molecule has 2 N–H and O–H groups in total. The largest absolute Gasteiger partial charge is 0.379 e. The summed E-state index contributed by atoms with van der Waals surface area (Å²) in [6.07, 6.45) is 9.13. The van der Waals surface area contributed by atoms with Gasteiger partial charge in [0.15, 0.2) is 0 Å². The zero-order chi connectivity index (χ0) is 22.2. The molecule has 1 aliphatic carbocycles. The molecule has 4 heterocycles. The molecule has 0 atom stereocenters. The molecule has 0 unspecified atom stereocenters. The predicted molar refractivity (Wildman–Crippen MR) is 127 cm³/mol. The van der Waals surface area contributed by atoms with Crippen molar-refractivity contribution in [2.45, 2.75) is 37.8 Å². The Labute approximate surface area is 191 Å². The monoisotopic (exact) mass is 446 g/mol. The van der Waals surface area contributed by atoms with E-state index in [1.807, 2.05) is 12.1 Å². The maximum absolute atomic E-state index is 13.7. The average molecular weight is 447 g/mol. The maximum Gasteiger partial charge on any atom is 0.143 e. The first-order valence-electron chi connectivity index (χ1n) is 11.7. The number of aromatic amines is 1. The van der Waals surface area contributed by atoms with Gasteiger partial charge in [0, 0.05) is 47.8 Å². The second-order valence-corrected chi connectivity index (χ2v) is 9.02. The van der Waals surface area contributed by atoms with Crippen LogP contribution in [0.5, 0.6) is 0 Å². The highest BCUT2D eigenvalue weighted by molar-refractivity contribution is 6.12. The van der Waals surface area contributed by atoms with Crippen LogP contribution >= 0.6 is 0 Å². The number of morpholine rings is 1. The van der Waals surface area contributed by atoms with Gasteiger partial charge in [-0.05, 0) is 49.4 Å². The van der Waals surface area contributed by atoms with Crippen LogP contribution in [0.15, 0.2) is 43.0 Å². The standard InChI is InChI=1S/C25H27FN6O/c26-18-11-17(13-27-14-18)16-1-6-22-21(12-16)23-24(28-15-29-25(23)31-22)30-19-2-4-20(5-3-19)32-7-9-33-10-8-32/h1,6,11-15,19-20H,2-5,7-10H2,(H2,28,29,30,31)/t19-,20-. The Balaban J connectivity index is 1.27. The van der Waals surface area contributed by atoms with Crippen LogP contribution in [-0.2, 0) is 4.74 Å². The summed E-state index contributed by atoms with van der Waals surface area (Å²) >= 11 is 0. The van der Waals surface area contributed by atoms with Crippen molar-refractivity contribution in [1.82, 2.24) is 24.8 Å². The Hall–Kier alpha value is -3.10. The molecule has 7 nitrogen and oxygen atoms in total. The molecule has 0 radical (unpaired) electrons. The Morgan fingerprint density at radius 2 is 1.85 bits per heavy atom. The van der Waals surface area contributed by atoms with Gasteiger partial charge in [0.25, 0.3) is 0 Å². The first-order chi connectivity index (χ1) is 16.2. The van der Waals surface area contributed by atoms with Gasteiger partial charge in [-0.15, -0.1) is 0 Å². The first-order valence-corrected chi connectivity index (χ1v) is 11.7. The minimum absolute atomic E-state index is 0.343. The lowest BCUT2D eigenvalue weighted by Gasteiger charge is -2.39. The maximum atomic E-state index is 13.7. The van der Waals surface area contributed by atoms with Gasteiger partial charge >= 0.3 is 0 Å². The third-order valence-corrected chi connectivity index (χ3v) is 7.03. The number of benzene rings is 1. The van der Waals surface area contributed by atoms with Gasteiger partial charge in [-0.1, -0.05) is 6.07 Å². The number of hydrogen-bond acceptors (Lipinski definition) is 6. The molecule has 6 rings (SSSR count). The van der Waals surface area contributed by atoms with Gasteiger partial charge in [0.05, 0.1) is 24.8 Å². The number of nitrogens with one attached hydrogen (secondary N) is 2. The van der Waals surface area contributed by atoms with E-state index < -0.39 is 0 Å². The summed E-state index contributed by atoms with van der Waals surface area (Å²) in [7, 11) is 0.